The van der Waals surface area contributed by atoms with Crippen LogP contribution in [0.1, 0.15) is 29.4 Å². The molecule has 1 aliphatic rings. The van der Waals surface area contributed by atoms with Crippen LogP contribution in [0, 0.1) is 0 Å². The fraction of sp³-hybridized carbons (Fsp3) is 0.286. The third kappa shape index (κ3) is 2.19. The fourth-order valence-corrected chi connectivity index (χ4v) is 2.27. The first kappa shape index (κ1) is 11.2. The molecule has 0 spiro atoms. The second-order valence-electron chi connectivity index (χ2n) is 4.46. The van der Waals surface area contributed by atoms with Crippen molar-refractivity contribution in [2.24, 2.45) is 5.73 Å². The summed E-state index contributed by atoms with van der Waals surface area (Å²) in [7, 11) is 0. The van der Waals surface area contributed by atoms with E-state index in [9.17, 15) is 0 Å². The fourth-order valence-electron chi connectivity index (χ4n) is 2.27. The summed E-state index contributed by atoms with van der Waals surface area (Å²) in [5, 5.41) is 0. The summed E-state index contributed by atoms with van der Waals surface area (Å²) in [6.07, 6.45) is 5.50. The molecule has 18 heavy (non-hydrogen) atoms. The monoisotopic (exact) mass is 241 g/mol. The molecule has 0 fully saturated rings. The molecule has 1 aromatic carbocycles. The summed E-state index contributed by atoms with van der Waals surface area (Å²) in [6.45, 7) is 0.395. The van der Waals surface area contributed by atoms with Gasteiger partial charge in [0.25, 0.3) is 0 Å². The molecule has 2 aromatic rings. The van der Waals surface area contributed by atoms with E-state index in [0.29, 0.717) is 12.4 Å². The molecule has 2 N–H and O–H groups in total. The second-order valence-corrected chi connectivity index (χ2v) is 4.46. The molecule has 1 unspecified atom stereocenters. The maximum absolute atomic E-state index is 6.00. The molecule has 1 aliphatic carbocycles. The predicted molar refractivity (Wildman–Crippen MR) is 68.1 cm³/mol. The van der Waals surface area contributed by atoms with Crippen LogP contribution >= 0.6 is 0 Å². The molecule has 1 atom stereocenters. The van der Waals surface area contributed by atoms with E-state index in [1.165, 1.54) is 11.1 Å². The van der Waals surface area contributed by atoms with Crippen molar-refractivity contribution >= 4 is 0 Å². The lowest BCUT2D eigenvalue weighted by molar-refractivity contribution is 0.295. The summed E-state index contributed by atoms with van der Waals surface area (Å²) in [4.78, 5) is 8.24. The van der Waals surface area contributed by atoms with Gasteiger partial charge in [-0.05, 0) is 42.2 Å². The Bertz CT molecular complexity index is 542. The molecule has 0 radical (unpaired) electrons. The molecule has 0 aliphatic heterocycles. The highest BCUT2D eigenvalue weighted by Gasteiger charge is 2.19. The minimum absolute atomic E-state index is 0.187. The summed E-state index contributed by atoms with van der Waals surface area (Å²) in [5.74, 6) is 1.55. The van der Waals surface area contributed by atoms with Crippen LogP contribution in [0.2, 0.25) is 0 Å². The number of benzene rings is 1. The van der Waals surface area contributed by atoms with Crippen molar-refractivity contribution in [3.05, 3.63) is 53.6 Å². The topological polar surface area (TPSA) is 61.0 Å². The van der Waals surface area contributed by atoms with Gasteiger partial charge in [0.2, 0.25) is 0 Å². The highest BCUT2D eigenvalue weighted by molar-refractivity contribution is 5.40. The lowest BCUT2D eigenvalue weighted by atomic mass is 10.1. The third-order valence-electron chi connectivity index (χ3n) is 3.23. The van der Waals surface area contributed by atoms with Crippen LogP contribution in [0.25, 0.3) is 0 Å². The number of hydrogen-bond acceptors (Lipinski definition) is 4. The highest BCUT2D eigenvalue weighted by Crippen LogP contribution is 2.31. The molecule has 1 heterocycles. The Balaban J connectivity index is 1.71. The van der Waals surface area contributed by atoms with Gasteiger partial charge in [-0.15, -0.1) is 0 Å². The number of nitrogens with zero attached hydrogens (tertiary/aromatic N) is 2. The Hall–Kier alpha value is -1.94. The number of hydrogen-bond donors (Lipinski definition) is 1. The van der Waals surface area contributed by atoms with Gasteiger partial charge in [-0.2, -0.15) is 0 Å². The number of fused-ring (bicyclic) bond motifs is 1. The van der Waals surface area contributed by atoms with Crippen molar-refractivity contribution in [2.75, 3.05) is 0 Å². The van der Waals surface area contributed by atoms with Gasteiger partial charge in [0.15, 0.2) is 5.82 Å². The van der Waals surface area contributed by atoms with Crippen LogP contribution in [-0.2, 0) is 13.0 Å². The van der Waals surface area contributed by atoms with Gasteiger partial charge >= 0.3 is 0 Å². The van der Waals surface area contributed by atoms with Crippen molar-refractivity contribution in [3.63, 3.8) is 0 Å². The Morgan fingerprint density at radius 1 is 1.28 bits per heavy atom. The summed E-state index contributed by atoms with van der Waals surface area (Å²) >= 11 is 0. The van der Waals surface area contributed by atoms with Gasteiger partial charge in [-0.25, -0.2) is 9.97 Å². The average Bonchev–Trinajstić information content (AvgIpc) is 2.79. The summed E-state index contributed by atoms with van der Waals surface area (Å²) in [5.41, 5.74) is 8.55. The minimum atomic E-state index is 0.187. The average molecular weight is 241 g/mol. The zero-order valence-electron chi connectivity index (χ0n) is 10.0. The minimum Gasteiger partial charge on any atom is -0.486 e. The first-order valence-corrected chi connectivity index (χ1v) is 6.10. The number of ether oxygens (including phenoxy) is 1. The molecule has 0 saturated carbocycles. The first-order chi connectivity index (χ1) is 8.83. The van der Waals surface area contributed by atoms with E-state index in [1.54, 1.807) is 18.5 Å². The standard InChI is InChI=1S/C14H15N3O/c15-13-5-2-10-8-11(3-4-12(10)13)18-9-14-16-6-1-7-17-14/h1,3-4,6-8,13H,2,5,9,15H2. The first-order valence-electron chi connectivity index (χ1n) is 6.10. The van der Waals surface area contributed by atoms with E-state index in [2.05, 4.69) is 22.1 Å². The van der Waals surface area contributed by atoms with Gasteiger partial charge in [0.05, 0.1) is 0 Å². The van der Waals surface area contributed by atoms with Crippen molar-refractivity contribution in [1.29, 1.82) is 0 Å². The Labute approximate surface area is 106 Å². The second kappa shape index (κ2) is 4.74. The van der Waals surface area contributed by atoms with Crippen LogP contribution in [0.5, 0.6) is 5.75 Å². The van der Waals surface area contributed by atoms with E-state index >= 15 is 0 Å². The molecule has 1 aromatic heterocycles. The van der Waals surface area contributed by atoms with Gasteiger partial charge in [-0.1, -0.05) is 6.07 Å². The Kier molecular flexibility index (Phi) is 2.94. The van der Waals surface area contributed by atoms with E-state index in [-0.39, 0.29) is 6.04 Å². The maximum atomic E-state index is 6.00. The molecular formula is C14H15N3O. The molecule has 92 valence electrons. The highest BCUT2D eigenvalue weighted by atomic mass is 16.5. The SMILES string of the molecule is NC1CCc2cc(OCc3ncccn3)ccc21. The van der Waals surface area contributed by atoms with Crippen LogP contribution in [0.15, 0.2) is 36.7 Å². The number of aryl methyl sites for hydroxylation is 1. The van der Waals surface area contributed by atoms with Crippen molar-refractivity contribution < 1.29 is 4.74 Å². The van der Waals surface area contributed by atoms with Crippen LogP contribution < -0.4 is 10.5 Å². The van der Waals surface area contributed by atoms with Crippen LogP contribution in [0.4, 0.5) is 0 Å². The molecule has 4 nitrogen and oxygen atoms in total. The Morgan fingerprint density at radius 3 is 2.94 bits per heavy atom. The van der Waals surface area contributed by atoms with Gasteiger partial charge in [0, 0.05) is 18.4 Å². The van der Waals surface area contributed by atoms with Crippen LogP contribution in [0.3, 0.4) is 0 Å². The number of aromatic nitrogens is 2. The van der Waals surface area contributed by atoms with Crippen molar-refractivity contribution in [3.8, 4) is 5.75 Å². The molecule has 3 rings (SSSR count). The van der Waals surface area contributed by atoms with Gasteiger partial charge in [0.1, 0.15) is 12.4 Å². The number of rotatable bonds is 3. The molecule has 0 bridgehead atoms. The smallest absolute Gasteiger partial charge is 0.166 e. The zero-order valence-corrected chi connectivity index (χ0v) is 10.0. The normalized spacial score (nSPS) is 17.5. The largest absolute Gasteiger partial charge is 0.486 e. The molecule has 0 amide bonds. The van der Waals surface area contributed by atoms with Gasteiger partial charge in [-0.3, -0.25) is 0 Å². The van der Waals surface area contributed by atoms with E-state index in [1.807, 2.05) is 6.07 Å². The molecule has 0 saturated heterocycles. The summed E-state index contributed by atoms with van der Waals surface area (Å²) in [6, 6.07) is 8.08. The lowest BCUT2D eigenvalue weighted by Crippen LogP contribution is -2.05. The Morgan fingerprint density at radius 2 is 2.11 bits per heavy atom. The molecular weight excluding hydrogens is 226 g/mol. The lowest BCUT2D eigenvalue weighted by Gasteiger charge is -2.08. The third-order valence-corrected chi connectivity index (χ3v) is 3.23. The van der Waals surface area contributed by atoms with Crippen molar-refractivity contribution in [1.82, 2.24) is 9.97 Å². The maximum Gasteiger partial charge on any atom is 0.166 e. The van der Waals surface area contributed by atoms with E-state index < -0.39 is 0 Å². The molecule has 4 heteroatoms. The zero-order chi connectivity index (χ0) is 12.4. The summed E-state index contributed by atoms with van der Waals surface area (Å²) < 4.78 is 5.69. The van der Waals surface area contributed by atoms with Gasteiger partial charge < -0.3 is 10.5 Å². The van der Waals surface area contributed by atoms with E-state index in [4.69, 9.17) is 10.5 Å². The van der Waals surface area contributed by atoms with Crippen LogP contribution in [-0.4, -0.2) is 9.97 Å². The van der Waals surface area contributed by atoms with E-state index in [0.717, 1.165) is 18.6 Å². The quantitative estimate of drug-likeness (QED) is 0.892. The van der Waals surface area contributed by atoms with Crippen molar-refractivity contribution in [2.45, 2.75) is 25.5 Å². The predicted octanol–water partition coefficient (Wildman–Crippen LogP) is 2.00. The number of nitrogens with two attached hydrogens (primary N) is 1.